The Morgan fingerprint density at radius 2 is 0.667 bits per heavy atom. The summed E-state index contributed by atoms with van der Waals surface area (Å²) in [6, 6.07) is 0. The van der Waals surface area contributed by atoms with Gasteiger partial charge in [-0.3, -0.25) is 0 Å². The summed E-state index contributed by atoms with van der Waals surface area (Å²) in [4.78, 5) is 2.71. The molecule has 0 N–H and O–H groups in total. The fourth-order valence-electron chi connectivity index (χ4n) is 3.59. The second-order valence-electron chi connectivity index (χ2n) is 7.79. The van der Waals surface area contributed by atoms with Gasteiger partial charge in [-0.15, -0.1) is 0 Å². The molecule has 0 atom stereocenters. The second kappa shape index (κ2) is 21.0. The molecule has 1 nitrogen and oxygen atoms in total. The molecule has 0 fully saturated rings. The summed E-state index contributed by atoms with van der Waals surface area (Å²) in [5, 5.41) is 0. The van der Waals surface area contributed by atoms with E-state index in [1.165, 1.54) is 129 Å². The van der Waals surface area contributed by atoms with Crippen molar-refractivity contribution in [1.29, 1.82) is 0 Å². The van der Waals surface area contributed by atoms with E-state index in [4.69, 9.17) is 0 Å². The van der Waals surface area contributed by atoms with E-state index < -0.39 is 0 Å². The van der Waals surface area contributed by atoms with E-state index in [-0.39, 0.29) is 0 Å². The molecule has 0 bridgehead atoms. The lowest BCUT2D eigenvalue weighted by atomic mass is 10.1. The molecular formula is C23H49N. The fraction of sp³-hybridized carbons (Fsp3) is 1.00. The highest BCUT2D eigenvalue weighted by atomic mass is 15.1. The lowest BCUT2D eigenvalue weighted by Gasteiger charge is -2.21. The van der Waals surface area contributed by atoms with Gasteiger partial charge in [0.05, 0.1) is 0 Å². The predicted molar refractivity (Wildman–Crippen MR) is 112 cm³/mol. The van der Waals surface area contributed by atoms with Gasteiger partial charge in [0.2, 0.25) is 0 Å². The van der Waals surface area contributed by atoms with E-state index in [1.54, 1.807) is 0 Å². The van der Waals surface area contributed by atoms with Gasteiger partial charge in [0.15, 0.2) is 0 Å². The van der Waals surface area contributed by atoms with Gasteiger partial charge >= 0.3 is 0 Å². The molecule has 0 aliphatic heterocycles. The number of rotatable bonds is 20. The number of unbranched alkanes of at least 4 members (excludes halogenated alkanes) is 14. The molecule has 146 valence electrons. The van der Waals surface area contributed by atoms with Crippen molar-refractivity contribution >= 4 is 0 Å². The highest BCUT2D eigenvalue weighted by Crippen LogP contribution is 2.12. The van der Waals surface area contributed by atoms with Crippen molar-refractivity contribution in [3.8, 4) is 0 Å². The maximum Gasteiger partial charge on any atom is -0.00187 e. The molecule has 0 unspecified atom stereocenters. The second-order valence-corrected chi connectivity index (χ2v) is 7.79. The molecule has 0 saturated heterocycles. The summed E-state index contributed by atoms with van der Waals surface area (Å²) in [6.45, 7) is 10.9. The normalized spacial score (nSPS) is 11.5. The Hall–Kier alpha value is -0.0400. The monoisotopic (exact) mass is 339 g/mol. The Morgan fingerprint density at radius 3 is 1.04 bits per heavy atom. The predicted octanol–water partition coefficient (Wildman–Crippen LogP) is 7.98. The van der Waals surface area contributed by atoms with Crippen molar-refractivity contribution < 1.29 is 0 Å². The summed E-state index contributed by atoms with van der Waals surface area (Å²) >= 11 is 0. The van der Waals surface area contributed by atoms with Crippen LogP contribution in [0.3, 0.4) is 0 Å². The van der Waals surface area contributed by atoms with Gasteiger partial charge in [0, 0.05) is 0 Å². The first kappa shape index (κ1) is 24.0. The van der Waals surface area contributed by atoms with Gasteiger partial charge < -0.3 is 4.90 Å². The smallest absolute Gasteiger partial charge is 0.00187 e. The Balaban J connectivity index is 3.32. The van der Waals surface area contributed by atoms with Crippen molar-refractivity contribution in [2.45, 2.75) is 130 Å². The van der Waals surface area contributed by atoms with Crippen LogP contribution in [0.25, 0.3) is 0 Å². The van der Waals surface area contributed by atoms with E-state index >= 15 is 0 Å². The molecule has 0 aromatic heterocycles. The largest absolute Gasteiger partial charge is 0.303 e. The van der Waals surface area contributed by atoms with Crippen molar-refractivity contribution in [1.82, 2.24) is 4.90 Å². The average molecular weight is 340 g/mol. The third-order valence-electron chi connectivity index (χ3n) is 5.20. The van der Waals surface area contributed by atoms with Crippen LogP contribution < -0.4 is 0 Å². The van der Waals surface area contributed by atoms with Crippen LogP contribution in [0.2, 0.25) is 0 Å². The zero-order valence-electron chi connectivity index (χ0n) is 17.6. The zero-order valence-corrected chi connectivity index (χ0v) is 17.6. The molecule has 0 amide bonds. The molecule has 1 heteroatoms. The third-order valence-corrected chi connectivity index (χ3v) is 5.20. The summed E-state index contributed by atoms with van der Waals surface area (Å²) < 4.78 is 0. The SMILES string of the molecule is CCCCCCCCCCCCCCN(CCC)CCCCCC. The van der Waals surface area contributed by atoms with Crippen molar-refractivity contribution in [2.75, 3.05) is 19.6 Å². The van der Waals surface area contributed by atoms with Gasteiger partial charge in [-0.2, -0.15) is 0 Å². The minimum Gasteiger partial charge on any atom is -0.303 e. The maximum absolute atomic E-state index is 2.71. The molecule has 24 heavy (non-hydrogen) atoms. The Labute approximate surface area is 155 Å². The van der Waals surface area contributed by atoms with E-state index in [1.807, 2.05) is 0 Å². The van der Waals surface area contributed by atoms with Crippen LogP contribution in [0.5, 0.6) is 0 Å². The molecule has 0 aliphatic carbocycles. The first-order chi connectivity index (χ1) is 11.8. The first-order valence-corrected chi connectivity index (χ1v) is 11.6. The number of hydrogen-bond donors (Lipinski definition) is 0. The van der Waals surface area contributed by atoms with Gasteiger partial charge in [0.25, 0.3) is 0 Å². The number of nitrogens with zero attached hydrogens (tertiary/aromatic N) is 1. The quantitative estimate of drug-likeness (QED) is 0.203. The van der Waals surface area contributed by atoms with E-state index in [2.05, 4.69) is 25.7 Å². The van der Waals surface area contributed by atoms with Crippen LogP contribution in [0.15, 0.2) is 0 Å². The van der Waals surface area contributed by atoms with E-state index in [0.29, 0.717) is 0 Å². The van der Waals surface area contributed by atoms with Crippen LogP contribution in [0.4, 0.5) is 0 Å². The van der Waals surface area contributed by atoms with Crippen LogP contribution in [-0.4, -0.2) is 24.5 Å². The molecule has 0 aliphatic rings. The van der Waals surface area contributed by atoms with Crippen molar-refractivity contribution in [2.24, 2.45) is 0 Å². The molecular weight excluding hydrogens is 290 g/mol. The maximum atomic E-state index is 2.71. The summed E-state index contributed by atoms with van der Waals surface area (Å²) in [5.74, 6) is 0. The van der Waals surface area contributed by atoms with Crippen LogP contribution >= 0.6 is 0 Å². The average Bonchev–Trinajstić information content (AvgIpc) is 2.59. The molecule has 0 heterocycles. The van der Waals surface area contributed by atoms with E-state index in [0.717, 1.165) is 0 Å². The van der Waals surface area contributed by atoms with Crippen LogP contribution in [0, 0.1) is 0 Å². The molecule has 0 aromatic rings. The highest BCUT2D eigenvalue weighted by molar-refractivity contribution is 4.58. The lowest BCUT2D eigenvalue weighted by Crippen LogP contribution is -2.26. The lowest BCUT2D eigenvalue weighted by molar-refractivity contribution is 0.261. The van der Waals surface area contributed by atoms with Gasteiger partial charge in [-0.05, 0) is 38.9 Å². The minimum absolute atomic E-state index is 1.31. The van der Waals surface area contributed by atoms with Crippen LogP contribution in [0.1, 0.15) is 130 Å². The van der Waals surface area contributed by atoms with Gasteiger partial charge in [-0.25, -0.2) is 0 Å². The Bertz CT molecular complexity index is 214. The highest BCUT2D eigenvalue weighted by Gasteiger charge is 2.03. The Morgan fingerprint density at radius 1 is 0.333 bits per heavy atom. The number of hydrogen-bond acceptors (Lipinski definition) is 1. The molecule has 0 saturated carbocycles. The summed E-state index contributed by atoms with van der Waals surface area (Å²) in [7, 11) is 0. The Kier molecular flexibility index (Phi) is 21.0. The topological polar surface area (TPSA) is 3.24 Å². The standard InChI is InChI=1S/C23H49N/c1-4-7-9-11-12-13-14-15-16-17-18-20-23-24(21-6-3)22-19-10-8-5-2/h4-23H2,1-3H3. The van der Waals surface area contributed by atoms with Gasteiger partial charge in [0.1, 0.15) is 0 Å². The molecule has 0 aromatic carbocycles. The van der Waals surface area contributed by atoms with E-state index in [9.17, 15) is 0 Å². The van der Waals surface area contributed by atoms with Gasteiger partial charge in [-0.1, -0.05) is 111 Å². The summed E-state index contributed by atoms with van der Waals surface area (Å²) in [6.07, 6.45) is 24.4. The summed E-state index contributed by atoms with van der Waals surface area (Å²) in [5.41, 5.74) is 0. The third kappa shape index (κ3) is 18.3. The van der Waals surface area contributed by atoms with Crippen LogP contribution in [-0.2, 0) is 0 Å². The van der Waals surface area contributed by atoms with Crippen molar-refractivity contribution in [3.63, 3.8) is 0 Å². The zero-order chi connectivity index (χ0) is 17.7. The fourth-order valence-corrected chi connectivity index (χ4v) is 3.59. The first-order valence-electron chi connectivity index (χ1n) is 11.6. The molecule has 0 radical (unpaired) electrons. The molecule has 0 spiro atoms. The van der Waals surface area contributed by atoms with Crippen molar-refractivity contribution in [3.05, 3.63) is 0 Å². The minimum atomic E-state index is 1.31. The molecule has 0 rings (SSSR count).